The highest BCUT2D eigenvalue weighted by atomic mass is 16.5. The average Bonchev–Trinajstić information content (AvgIpc) is 2.60. The monoisotopic (exact) mass is 185 g/mol. The summed E-state index contributed by atoms with van der Waals surface area (Å²) in [7, 11) is 1.65. The highest BCUT2D eigenvalue weighted by Gasteiger charge is 2.03. The van der Waals surface area contributed by atoms with E-state index in [9.17, 15) is 0 Å². The molecule has 1 aromatic heterocycles. The zero-order valence-electron chi connectivity index (χ0n) is 7.79. The molecule has 1 heterocycles. The van der Waals surface area contributed by atoms with Gasteiger partial charge in [0.05, 0.1) is 32.6 Å². The van der Waals surface area contributed by atoms with Crippen LogP contribution < -0.4 is 5.73 Å². The maximum absolute atomic E-state index is 5.45. The standard InChI is InChI=1S/C9H15NO3/c1-11-4-5-12-7-8-2-3-13-9(8)6-10/h2-3H,4-7,10H2,1H3. The lowest BCUT2D eigenvalue weighted by Gasteiger charge is -2.02. The van der Waals surface area contributed by atoms with Crippen molar-refractivity contribution < 1.29 is 13.9 Å². The smallest absolute Gasteiger partial charge is 0.122 e. The fourth-order valence-corrected chi connectivity index (χ4v) is 0.999. The van der Waals surface area contributed by atoms with Crippen molar-refractivity contribution in [1.29, 1.82) is 0 Å². The molecule has 0 aromatic carbocycles. The molecule has 13 heavy (non-hydrogen) atoms. The van der Waals surface area contributed by atoms with E-state index in [1.807, 2.05) is 6.07 Å². The molecular formula is C9H15NO3. The summed E-state index contributed by atoms with van der Waals surface area (Å²) in [6, 6.07) is 1.87. The van der Waals surface area contributed by atoms with Gasteiger partial charge in [-0.1, -0.05) is 0 Å². The summed E-state index contributed by atoms with van der Waals surface area (Å²) in [4.78, 5) is 0. The molecule has 0 bridgehead atoms. The van der Waals surface area contributed by atoms with Crippen molar-refractivity contribution in [3.8, 4) is 0 Å². The Morgan fingerprint density at radius 3 is 3.00 bits per heavy atom. The predicted molar refractivity (Wildman–Crippen MR) is 48.1 cm³/mol. The van der Waals surface area contributed by atoms with Crippen LogP contribution in [0, 0.1) is 0 Å². The molecule has 74 valence electrons. The molecule has 1 rings (SSSR count). The van der Waals surface area contributed by atoms with E-state index in [1.54, 1.807) is 13.4 Å². The number of nitrogens with two attached hydrogens (primary N) is 1. The average molecular weight is 185 g/mol. The molecule has 0 aliphatic heterocycles. The first-order chi connectivity index (χ1) is 6.38. The minimum atomic E-state index is 0.413. The zero-order valence-corrected chi connectivity index (χ0v) is 7.79. The lowest BCUT2D eigenvalue weighted by molar-refractivity contribution is 0.0610. The molecule has 0 saturated heterocycles. The number of ether oxygens (including phenoxy) is 2. The maximum atomic E-state index is 5.45. The molecular weight excluding hydrogens is 170 g/mol. The van der Waals surface area contributed by atoms with Crippen LogP contribution in [0.2, 0.25) is 0 Å². The highest BCUT2D eigenvalue weighted by Crippen LogP contribution is 2.10. The molecule has 0 aliphatic carbocycles. The van der Waals surface area contributed by atoms with Gasteiger partial charge in [0.2, 0.25) is 0 Å². The Morgan fingerprint density at radius 1 is 1.46 bits per heavy atom. The van der Waals surface area contributed by atoms with Gasteiger partial charge in [-0.15, -0.1) is 0 Å². The Hall–Kier alpha value is -0.840. The normalized spacial score (nSPS) is 10.6. The van der Waals surface area contributed by atoms with Crippen LogP contribution in [0.1, 0.15) is 11.3 Å². The quantitative estimate of drug-likeness (QED) is 0.669. The number of hydrogen-bond acceptors (Lipinski definition) is 4. The lowest BCUT2D eigenvalue weighted by atomic mass is 10.2. The largest absolute Gasteiger partial charge is 0.468 e. The zero-order chi connectivity index (χ0) is 9.52. The van der Waals surface area contributed by atoms with Gasteiger partial charge in [0, 0.05) is 12.7 Å². The highest BCUT2D eigenvalue weighted by molar-refractivity contribution is 5.15. The molecule has 0 radical (unpaired) electrons. The first-order valence-electron chi connectivity index (χ1n) is 4.20. The van der Waals surface area contributed by atoms with Gasteiger partial charge in [0.1, 0.15) is 5.76 Å². The summed E-state index contributed by atoms with van der Waals surface area (Å²) >= 11 is 0. The third-order valence-corrected chi connectivity index (χ3v) is 1.71. The summed E-state index contributed by atoms with van der Waals surface area (Å²) in [6.45, 7) is 2.14. The van der Waals surface area contributed by atoms with Gasteiger partial charge in [-0.3, -0.25) is 0 Å². The molecule has 0 amide bonds. The van der Waals surface area contributed by atoms with Crippen LogP contribution in [0.3, 0.4) is 0 Å². The van der Waals surface area contributed by atoms with E-state index in [0.717, 1.165) is 11.3 Å². The molecule has 1 aromatic rings. The molecule has 2 N–H and O–H groups in total. The van der Waals surface area contributed by atoms with Crippen LogP contribution in [0.5, 0.6) is 0 Å². The summed E-state index contributed by atoms with van der Waals surface area (Å²) in [5.41, 5.74) is 6.46. The minimum Gasteiger partial charge on any atom is -0.468 e. The van der Waals surface area contributed by atoms with Gasteiger partial charge in [0.25, 0.3) is 0 Å². The molecule has 4 heteroatoms. The van der Waals surface area contributed by atoms with Gasteiger partial charge in [-0.05, 0) is 6.07 Å². The Labute approximate surface area is 77.6 Å². The minimum absolute atomic E-state index is 0.413. The van der Waals surface area contributed by atoms with E-state index >= 15 is 0 Å². The Kier molecular flexibility index (Phi) is 4.53. The predicted octanol–water partition coefficient (Wildman–Crippen LogP) is 0.901. The van der Waals surface area contributed by atoms with Crippen LogP contribution in [-0.4, -0.2) is 20.3 Å². The Morgan fingerprint density at radius 2 is 2.31 bits per heavy atom. The second kappa shape index (κ2) is 5.75. The third-order valence-electron chi connectivity index (χ3n) is 1.71. The SMILES string of the molecule is COCCOCc1ccoc1CN. The second-order valence-electron chi connectivity index (χ2n) is 2.62. The van der Waals surface area contributed by atoms with Crippen molar-refractivity contribution in [2.24, 2.45) is 5.73 Å². The van der Waals surface area contributed by atoms with Crippen LogP contribution in [0.15, 0.2) is 16.7 Å². The van der Waals surface area contributed by atoms with Gasteiger partial charge in [-0.2, -0.15) is 0 Å². The molecule has 0 aliphatic rings. The fourth-order valence-electron chi connectivity index (χ4n) is 0.999. The van der Waals surface area contributed by atoms with E-state index < -0.39 is 0 Å². The fraction of sp³-hybridized carbons (Fsp3) is 0.556. The first kappa shape index (κ1) is 10.2. The molecule has 0 spiro atoms. The van der Waals surface area contributed by atoms with Gasteiger partial charge >= 0.3 is 0 Å². The molecule has 0 fully saturated rings. The second-order valence-corrected chi connectivity index (χ2v) is 2.62. The lowest BCUT2D eigenvalue weighted by Crippen LogP contribution is -2.04. The summed E-state index contributed by atoms with van der Waals surface area (Å²) in [5, 5.41) is 0. The summed E-state index contributed by atoms with van der Waals surface area (Å²) in [6.07, 6.45) is 1.62. The van der Waals surface area contributed by atoms with Gasteiger partial charge < -0.3 is 19.6 Å². The van der Waals surface area contributed by atoms with E-state index in [2.05, 4.69) is 0 Å². The van der Waals surface area contributed by atoms with Crippen molar-refractivity contribution in [2.75, 3.05) is 20.3 Å². The van der Waals surface area contributed by atoms with Crippen molar-refractivity contribution >= 4 is 0 Å². The van der Waals surface area contributed by atoms with Crippen LogP contribution in [0.25, 0.3) is 0 Å². The molecule has 4 nitrogen and oxygen atoms in total. The van der Waals surface area contributed by atoms with Crippen molar-refractivity contribution in [3.05, 3.63) is 23.7 Å². The van der Waals surface area contributed by atoms with Crippen LogP contribution >= 0.6 is 0 Å². The number of furan rings is 1. The summed E-state index contributed by atoms with van der Waals surface area (Å²) in [5.74, 6) is 0.789. The van der Waals surface area contributed by atoms with E-state index in [-0.39, 0.29) is 0 Å². The van der Waals surface area contributed by atoms with Crippen LogP contribution in [-0.2, 0) is 22.6 Å². The van der Waals surface area contributed by atoms with Gasteiger partial charge in [-0.25, -0.2) is 0 Å². The molecule has 0 saturated carbocycles. The molecule has 0 unspecified atom stereocenters. The summed E-state index contributed by atoms with van der Waals surface area (Å²) < 4.78 is 15.3. The molecule has 0 atom stereocenters. The number of hydrogen-bond donors (Lipinski definition) is 1. The Bertz CT molecular complexity index is 235. The van der Waals surface area contributed by atoms with E-state index in [1.165, 1.54) is 0 Å². The topological polar surface area (TPSA) is 57.6 Å². The van der Waals surface area contributed by atoms with Crippen molar-refractivity contribution in [3.63, 3.8) is 0 Å². The van der Waals surface area contributed by atoms with Gasteiger partial charge in [0.15, 0.2) is 0 Å². The Balaban J connectivity index is 2.27. The van der Waals surface area contributed by atoms with Crippen molar-refractivity contribution in [2.45, 2.75) is 13.2 Å². The van der Waals surface area contributed by atoms with Crippen molar-refractivity contribution in [1.82, 2.24) is 0 Å². The number of methoxy groups -OCH3 is 1. The van der Waals surface area contributed by atoms with E-state index in [4.69, 9.17) is 19.6 Å². The third kappa shape index (κ3) is 3.18. The van der Waals surface area contributed by atoms with Crippen LogP contribution in [0.4, 0.5) is 0 Å². The number of rotatable bonds is 6. The first-order valence-corrected chi connectivity index (χ1v) is 4.20. The maximum Gasteiger partial charge on any atom is 0.122 e. The van der Waals surface area contributed by atoms with E-state index in [0.29, 0.717) is 26.4 Å².